The number of hydrogen-bond acceptors (Lipinski definition) is 7. The number of anilines is 1. The number of morpholine rings is 1. The van der Waals surface area contributed by atoms with Crippen molar-refractivity contribution >= 4 is 66.4 Å². The molecule has 0 spiro atoms. The quantitative estimate of drug-likeness (QED) is 0.437. The smallest absolute Gasteiger partial charge is 0.260 e. The third kappa shape index (κ3) is 5.90. The van der Waals surface area contributed by atoms with Gasteiger partial charge in [0.1, 0.15) is 0 Å². The molecule has 1 aromatic heterocycles. The molecule has 0 unspecified atom stereocenters. The number of thiazole rings is 1. The number of carbonyl (C=O) groups excluding carboxylic acids is 1. The van der Waals surface area contributed by atoms with Crippen LogP contribution in [0.4, 0.5) is 5.13 Å². The largest absolute Gasteiger partial charge is 0.379 e. The minimum Gasteiger partial charge on any atom is -0.379 e. The summed E-state index contributed by atoms with van der Waals surface area (Å²) in [6, 6.07) is 9.85. The van der Waals surface area contributed by atoms with Crippen molar-refractivity contribution in [1.82, 2.24) is 9.88 Å². The molecule has 1 fully saturated rings. The minimum atomic E-state index is -3.33. The van der Waals surface area contributed by atoms with Gasteiger partial charge in [0.05, 0.1) is 34.1 Å². The second-order valence-corrected chi connectivity index (χ2v) is 11.6. The van der Waals surface area contributed by atoms with Crippen molar-refractivity contribution in [2.75, 3.05) is 50.0 Å². The van der Waals surface area contributed by atoms with Gasteiger partial charge in [-0.1, -0.05) is 29.9 Å². The molecule has 0 bridgehead atoms. The Morgan fingerprint density at radius 1 is 1.21 bits per heavy atom. The summed E-state index contributed by atoms with van der Waals surface area (Å²) in [5.41, 5.74) is 2.20. The molecule has 0 atom stereocenters. The molecular weight excluding hydrogens is 517 g/mol. The Morgan fingerprint density at radius 2 is 1.88 bits per heavy atom. The van der Waals surface area contributed by atoms with Gasteiger partial charge >= 0.3 is 0 Å². The van der Waals surface area contributed by atoms with E-state index in [1.807, 2.05) is 19.1 Å². The maximum absolute atomic E-state index is 13.6. The lowest BCUT2D eigenvalue weighted by Crippen LogP contribution is -2.43. The van der Waals surface area contributed by atoms with Crippen LogP contribution in [0, 0.1) is 6.92 Å². The van der Waals surface area contributed by atoms with Gasteiger partial charge in [-0.2, -0.15) is 0 Å². The molecule has 34 heavy (non-hydrogen) atoms. The molecule has 1 saturated heterocycles. The number of nitrogens with zero attached hydrogens (tertiary/aromatic N) is 3. The number of amides is 1. The van der Waals surface area contributed by atoms with Gasteiger partial charge < -0.3 is 4.74 Å². The number of hydrogen-bond donors (Lipinski definition) is 0. The molecule has 0 radical (unpaired) electrons. The van der Waals surface area contributed by atoms with Crippen molar-refractivity contribution in [1.29, 1.82) is 0 Å². The topological polar surface area (TPSA) is 79.8 Å². The van der Waals surface area contributed by atoms with E-state index in [4.69, 9.17) is 21.3 Å². The van der Waals surface area contributed by atoms with Crippen LogP contribution < -0.4 is 4.90 Å². The molecule has 4 rings (SSSR count). The first kappa shape index (κ1) is 26.8. The second kappa shape index (κ2) is 11.3. The van der Waals surface area contributed by atoms with Crippen LogP contribution in [0.25, 0.3) is 10.2 Å². The molecule has 2 aromatic carbocycles. The standard InChI is InChI=1S/C23H26ClN3O4S2.ClH/c1-3-33(29,30)19-6-4-17(5-7-19)22(28)27(9-8-26-10-12-31-13-11-26)23-25-21-16(2)14-18(24)15-20(21)32-23;/h4-7,14-15H,3,8-13H2,1-2H3;1H. The van der Waals surface area contributed by atoms with Gasteiger partial charge in [0, 0.05) is 36.8 Å². The predicted octanol–water partition coefficient (Wildman–Crippen LogP) is 4.45. The Labute approximate surface area is 215 Å². The summed E-state index contributed by atoms with van der Waals surface area (Å²) < 4.78 is 30.6. The predicted molar refractivity (Wildman–Crippen MR) is 140 cm³/mol. The first-order valence-electron chi connectivity index (χ1n) is 10.8. The number of halogens is 2. The highest BCUT2D eigenvalue weighted by Gasteiger charge is 2.24. The van der Waals surface area contributed by atoms with E-state index in [1.54, 1.807) is 24.0 Å². The highest BCUT2D eigenvalue weighted by molar-refractivity contribution is 7.91. The Morgan fingerprint density at radius 3 is 2.53 bits per heavy atom. The van der Waals surface area contributed by atoms with E-state index in [-0.39, 0.29) is 29.0 Å². The molecule has 1 amide bonds. The highest BCUT2D eigenvalue weighted by Crippen LogP contribution is 2.33. The summed E-state index contributed by atoms with van der Waals surface area (Å²) >= 11 is 7.65. The molecule has 3 aromatic rings. The molecule has 184 valence electrons. The van der Waals surface area contributed by atoms with Crippen molar-refractivity contribution in [2.45, 2.75) is 18.7 Å². The number of benzene rings is 2. The molecule has 0 N–H and O–H groups in total. The highest BCUT2D eigenvalue weighted by atomic mass is 35.5. The molecule has 11 heteroatoms. The first-order valence-corrected chi connectivity index (χ1v) is 13.6. The summed E-state index contributed by atoms with van der Waals surface area (Å²) in [5.74, 6) is -0.203. The fourth-order valence-electron chi connectivity index (χ4n) is 3.74. The molecule has 0 aliphatic carbocycles. The van der Waals surface area contributed by atoms with E-state index in [0.29, 0.717) is 42.0 Å². The van der Waals surface area contributed by atoms with Crippen molar-refractivity contribution in [3.8, 4) is 0 Å². The van der Waals surface area contributed by atoms with E-state index in [9.17, 15) is 13.2 Å². The summed E-state index contributed by atoms with van der Waals surface area (Å²) in [6.07, 6.45) is 0. The number of rotatable bonds is 7. The van der Waals surface area contributed by atoms with Crippen molar-refractivity contribution in [2.24, 2.45) is 0 Å². The molecule has 1 aliphatic heterocycles. The first-order chi connectivity index (χ1) is 15.8. The summed E-state index contributed by atoms with van der Waals surface area (Å²) in [7, 11) is -3.33. The zero-order valence-electron chi connectivity index (χ0n) is 19.0. The van der Waals surface area contributed by atoms with Crippen LogP contribution in [-0.2, 0) is 14.6 Å². The van der Waals surface area contributed by atoms with Crippen LogP contribution in [0.3, 0.4) is 0 Å². The Balaban J connectivity index is 0.00000324. The van der Waals surface area contributed by atoms with Crippen molar-refractivity contribution in [3.63, 3.8) is 0 Å². The van der Waals surface area contributed by atoms with Crippen molar-refractivity contribution < 1.29 is 17.9 Å². The van der Waals surface area contributed by atoms with Gasteiger partial charge in [-0.15, -0.1) is 12.4 Å². The van der Waals surface area contributed by atoms with Crippen LogP contribution in [0.2, 0.25) is 5.02 Å². The van der Waals surface area contributed by atoms with Crippen molar-refractivity contribution in [3.05, 3.63) is 52.5 Å². The molecule has 0 saturated carbocycles. The zero-order valence-corrected chi connectivity index (χ0v) is 22.2. The van der Waals surface area contributed by atoms with Gasteiger partial charge in [0.25, 0.3) is 5.91 Å². The maximum Gasteiger partial charge on any atom is 0.260 e. The number of ether oxygens (including phenoxy) is 1. The fraction of sp³-hybridized carbons (Fsp3) is 0.391. The molecule has 2 heterocycles. The van der Waals surface area contributed by atoms with Gasteiger partial charge in [-0.05, 0) is 48.9 Å². The van der Waals surface area contributed by atoms with E-state index < -0.39 is 9.84 Å². The Kier molecular flexibility index (Phi) is 8.94. The summed E-state index contributed by atoms with van der Waals surface area (Å²) in [5, 5.41) is 1.23. The van der Waals surface area contributed by atoms with Crippen LogP contribution in [-0.4, -0.2) is 69.4 Å². The van der Waals surface area contributed by atoms with Crippen LogP contribution >= 0.6 is 35.3 Å². The third-order valence-electron chi connectivity index (χ3n) is 5.70. The number of fused-ring (bicyclic) bond motifs is 1. The monoisotopic (exact) mass is 543 g/mol. The third-order valence-corrected chi connectivity index (χ3v) is 8.69. The Hall–Kier alpha value is -1.75. The normalized spacial score (nSPS) is 14.7. The summed E-state index contributed by atoms with van der Waals surface area (Å²) in [6.45, 7) is 7.70. The number of aromatic nitrogens is 1. The molecular formula is C23H27Cl2N3O4S2. The average molecular weight is 545 g/mol. The minimum absolute atomic E-state index is 0. The van der Waals surface area contributed by atoms with E-state index in [0.717, 1.165) is 28.9 Å². The summed E-state index contributed by atoms with van der Waals surface area (Å²) in [4.78, 5) is 22.5. The SMILES string of the molecule is CCS(=O)(=O)c1ccc(C(=O)N(CCN2CCOCC2)c2nc3c(C)cc(Cl)cc3s2)cc1.Cl. The fourth-order valence-corrected chi connectivity index (χ4v) is 6.06. The second-order valence-electron chi connectivity index (χ2n) is 7.90. The maximum atomic E-state index is 13.6. The lowest BCUT2D eigenvalue weighted by Gasteiger charge is -2.29. The van der Waals surface area contributed by atoms with Crippen LogP contribution in [0.15, 0.2) is 41.3 Å². The molecule has 1 aliphatic rings. The molecule has 7 nitrogen and oxygen atoms in total. The average Bonchev–Trinajstić information content (AvgIpc) is 3.24. The van der Waals surface area contributed by atoms with E-state index in [2.05, 4.69) is 4.90 Å². The lowest BCUT2D eigenvalue weighted by atomic mass is 10.2. The van der Waals surface area contributed by atoms with Crippen LogP contribution in [0.5, 0.6) is 0 Å². The van der Waals surface area contributed by atoms with Gasteiger partial charge in [0.15, 0.2) is 15.0 Å². The Bertz CT molecular complexity index is 1260. The van der Waals surface area contributed by atoms with E-state index in [1.165, 1.54) is 23.5 Å². The van der Waals surface area contributed by atoms with Gasteiger partial charge in [0.2, 0.25) is 0 Å². The van der Waals surface area contributed by atoms with E-state index >= 15 is 0 Å². The number of carbonyl (C=O) groups is 1. The lowest BCUT2D eigenvalue weighted by molar-refractivity contribution is 0.0391. The number of sulfone groups is 1. The van der Waals surface area contributed by atoms with Gasteiger partial charge in [-0.3, -0.25) is 14.6 Å². The van der Waals surface area contributed by atoms with Crippen LogP contribution in [0.1, 0.15) is 22.8 Å². The zero-order chi connectivity index (χ0) is 23.6. The van der Waals surface area contributed by atoms with Gasteiger partial charge in [-0.25, -0.2) is 13.4 Å². The number of aryl methyl sites for hydroxylation is 1.